The average Bonchev–Trinajstić information content (AvgIpc) is 2.70. The van der Waals surface area contributed by atoms with E-state index in [0.717, 1.165) is 4.90 Å². The summed E-state index contributed by atoms with van der Waals surface area (Å²) in [6, 6.07) is 14.2. The van der Waals surface area contributed by atoms with Crippen molar-refractivity contribution in [3.63, 3.8) is 0 Å². The van der Waals surface area contributed by atoms with Gasteiger partial charge in [0.25, 0.3) is 5.91 Å². The lowest BCUT2D eigenvalue weighted by atomic mass is 10.2. The number of benzene rings is 2. The lowest BCUT2D eigenvalue weighted by Gasteiger charge is -2.13. The van der Waals surface area contributed by atoms with Crippen LogP contribution in [0.2, 0.25) is 5.02 Å². The summed E-state index contributed by atoms with van der Waals surface area (Å²) in [5.74, 6) is 0.383. The molecule has 0 aliphatic rings. The molecule has 0 radical (unpaired) electrons. The van der Waals surface area contributed by atoms with Crippen molar-refractivity contribution in [3.8, 4) is 5.75 Å². The third-order valence-electron chi connectivity index (χ3n) is 3.52. The van der Waals surface area contributed by atoms with E-state index in [2.05, 4.69) is 20.8 Å². The summed E-state index contributed by atoms with van der Waals surface area (Å²) in [6.45, 7) is 0. The van der Waals surface area contributed by atoms with E-state index < -0.39 is 0 Å². The first-order valence-corrected chi connectivity index (χ1v) is 9.01. The van der Waals surface area contributed by atoms with Crippen molar-refractivity contribution in [1.82, 2.24) is 15.4 Å². The highest BCUT2D eigenvalue weighted by molar-refractivity contribution is 7.99. The van der Waals surface area contributed by atoms with E-state index in [1.807, 2.05) is 12.1 Å². The fourth-order valence-electron chi connectivity index (χ4n) is 2.19. The minimum atomic E-state index is -0.377. The third kappa shape index (κ3) is 4.60. The number of halogens is 1. The van der Waals surface area contributed by atoms with Crippen LogP contribution < -0.4 is 21.3 Å². The quantitative estimate of drug-likeness (QED) is 0.428. The van der Waals surface area contributed by atoms with E-state index in [-0.39, 0.29) is 5.91 Å². The van der Waals surface area contributed by atoms with Crippen LogP contribution in [0.25, 0.3) is 0 Å². The van der Waals surface area contributed by atoms with Gasteiger partial charge in [0.05, 0.1) is 12.7 Å². The maximum Gasteiger partial charge on any atom is 0.273 e. The van der Waals surface area contributed by atoms with Gasteiger partial charge in [0.15, 0.2) is 5.82 Å². The molecule has 3 aromatic rings. The number of amides is 1. The van der Waals surface area contributed by atoms with Crippen molar-refractivity contribution < 1.29 is 9.53 Å². The molecular formula is C18H16ClN5O2S. The average molecular weight is 402 g/mol. The molecule has 0 fully saturated rings. The highest BCUT2D eigenvalue weighted by Crippen LogP contribution is 2.33. The standard InChI is InChI=1S/C18H16ClN5O2S/c1-26-14-5-3-2-4-13(14)17(25)24-23-16-15(20)18(22-10-21-16)27-12-8-6-11(19)7-9-12/h2-10H,20H2,1H3,(H,24,25)(H,21,22,23). The maximum absolute atomic E-state index is 12.4. The first kappa shape index (κ1) is 18.8. The Morgan fingerprint density at radius 3 is 2.63 bits per heavy atom. The molecule has 2 aromatic carbocycles. The Balaban J connectivity index is 1.72. The molecule has 4 N–H and O–H groups in total. The SMILES string of the molecule is COc1ccccc1C(=O)NNc1ncnc(Sc2ccc(Cl)cc2)c1N. The predicted molar refractivity (Wildman–Crippen MR) is 106 cm³/mol. The van der Waals surface area contributed by atoms with Crippen LogP contribution in [0.4, 0.5) is 11.5 Å². The molecule has 0 bridgehead atoms. The number of para-hydroxylation sites is 1. The zero-order chi connectivity index (χ0) is 19.2. The zero-order valence-electron chi connectivity index (χ0n) is 14.3. The van der Waals surface area contributed by atoms with Gasteiger partial charge in [0, 0.05) is 9.92 Å². The molecule has 0 atom stereocenters. The Bertz CT molecular complexity index is 953. The van der Waals surface area contributed by atoms with Crippen LogP contribution in [0.15, 0.2) is 64.8 Å². The maximum atomic E-state index is 12.4. The van der Waals surface area contributed by atoms with Gasteiger partial charge in [-0.2, -0.15) is 0 Å². The van der Waals surface area contributed by atoms with Gasteiger partial charge in [-0.25, -0.2) is 9.97 Å². The number of rotatable bonds is 6. The van der Waals surface area contributed by atoms with E-state index in [4.69, 9.17) is 22.1 Å². The van der Waals surface area contributed by atoms with Gasteiger partial charge >= 0.3 is 0 Å². The summed E-state index contributed by atoms with van der Waals surface area (Å²) in [4.78, 5) is 21.6. The molecule has 0 spiro atoms. The van der Waals surface area contributed by atoms with Crippen LogP contribution in [-0.4, -0.2) is 23.0 Å². The molecule has 0 saturated carbocycles. The van der Waals surface area contributed by atoms with E-state index >= 15 is 0 Å². The summed E-state index contributed by atoms with van der Waals surface area (Å²) >= 11 is 7.26. The number of ether oxygens (including phenoxy) is 1. The number of nitrogen functional groups attached to an aromatic ring is 1. The van der Waals surface area contributed by atoms with Crippen LogP contribution in [-0.2, 0) is 0 Å². The second-order valence-electron chi connectivity index (χ2n) is 5.28. The van der Waals surface area contributed by atoms with Gasteiger partial charge in [0.1, 0.15) is 22.8 Å². The second-order valence-corrected chi connectivity index (χ2v) is 6.78. The molecule has 0 aliphatic heterocycles. The molecule has 9 heteroatoms. The Kier molecular flexibility index (Phi) is 6.00. The smallest absolute Gasteiger partial charge is 0.273 e. The van der Waals surface area contributed by atoms with Crippen LogP contribution in [0.1, 0.15) is 10.4 Å². The number of aromatic nitrogens is 2. The number of nitrogens with two attached hydrogens (primary N) is 1. The largest absolute Gasteiger partial charge is 0.496 e. The molecular weight excluding hydrogens is 386 g/mol. The normalized spacial score (nSPS) is 10.3. The number of anilines is 2. The number of nitrogens with zero attached hydrogens (tertiary/aromatic N) is 2. The Hall–Kier alpha value is -2.97. The minimum Gasteiger partial charge on any atom is -0.496 e. The van der Waals surface area contributed by atoms with Crippen LogP contribution in [0, 0.1) is 0 Å². The Morgan fingerprint density at radius 2 is 1.89 bits per heavy atom. The summed E-state index contributed by atoms with van der Waals surface area (Å²) in [7, 11) is 1.50. The Labute approximate surface area is 165 Å². The van der Waals surface area contributed by atoms with Crippen molar-refractivity contribution in [2.24, 2.45) is 0 Å². The molecule has 1 amide bonds. The van der Waals surface area contributed by atoms with Crippen molar-refractivity contribution in [2.75, 3.05) is 18.3 Å². The van der Waals surface area contributed by atoms with Gasteiger partial charge in [-0.15, -0.1) is 0 Å². The highest BCUT2D eigenvalue weighted by atomic mass is 35.5. The van der Waals surface area contributed by atoms with Gasteiger partial charge < -0.3 is 10.5 Å². The third-order valence-corrected chi connectivity index (χ3v) is 4.80. The van der Waals surface area contributed by atoms with E-state index in [0.29, 0.717) is 32.9 Å². The topological polar surface area (TPSA) is 102 Å². The van der Waals surface area contributed by atoms with Crippen molar-refractivity contribution >= 4 is 40.8 Å². The van der Waals surface area contributed by atoms with E-state index in [9.17, 15) is 4.79 Å². The number of hydrogen-bond donors (Lipinski definition) is 3. The fraction of sp³-hybridized carbons (Fsp3) is 0.0556. The number of hydrazine groups is 1. The van der Waals surface area contributed by atoms with E-state index in [1.54, 1.807) is 36.4 Å². The monoisotopic (exact) mass is 401 g/mol. The second kappa shape index (κ2) is 8.61. The zero-order valence-corrected chi connectivity index (χ0v) is 15.8. The van der Waals surface area contributed by atoms with Crippen LogP contribution >= 0.6 is 23.4 Å². The highest BCUT2D eigenvalue weighted by Gasteiger charge is 2.14. The molecule has 0 unspecified atom stereocenters. The number of carbonyl (C=O) groups excluding carboxylic acids is 1. The lowest BCUT2D eigenvalue weighted by Crippen LogP contribution is -2.30. The van der Waals surface area contributed by atoms with Gasteiger partial charge in [-0.3, -0.25) is 15.6 Å². The fourth-order valence-corrected chi connectivity index (χ4v) is 3.12. The van der Waals surface area contributed by atoms with Crippen molar-refractivity contribution in [3.05, 3.63) is 65.4 Å². The lowest BCUT2D eigenvalue weighted by molar-refractivity contribution is 0.0959. The molecule has 27 heavy (non-hydrogen) atoms. The minimum absolute atomic E-state index is 0.296. The molecule has 7 nitrogen and oxygen atoms in total. The number of carbonyl (C=O) groups is 1. The van der Waals surface area contributed by atoms with Gasteiger partial charge in [-0.1, -0.05) is 35.5 Å². The molecule has 1 aromatic heterocycles. The first-order valence-electron chi connectivity index (χ1n) is 7.81. The van der Waals surface area contributed by atoms with Crippen molar-refractivity contribution in [1.29, 1.82) is 0 Å². The molecule has 0 aliphatic carbocycles. The van der Waals surface area contributed by atoms with Crippen LogP contribution in [0.5, 0.6) is 5.75 Å². The van der Waals surface area contributed by atoms with Gasteiger partial charge in [0.2, 0.25) is 0 Å². The number of methoxy groups -OCH3 is 1. The summed E-state index contributed by atoms with van der Waals surface area (Å²) in [5.41, 5.74) is 12.1. The summed E-state index contributed by atoms with van der Waals surface area (Å²) in [5, 5.41) is 1.21. The molecule has 1 heterocycles. The van der Waals surface area contributed by atoms with Crippen LogP contribution in [0.3, 0.4) is 0 Å². The summed E-state index contributed by atoms with van der Waals surface area (Å²) < 4.78 is 5.18. The molecule has 3 rings (SSSR count). The first-order chi connectivity index (χ1) is 13.1. The summed E-state index contributed by atoms with van der Waals surface area (Å²) in [6.07, 6.45) is 1.37. The van der Waals surface area contributed by atoms with E-state index in [1.165, 1.54) is 25.2 Å². The number of nitrogens with one attached hydrogen (secondary N) is 2. The number of hydrogen-bond acceptors (Lipinski definition) is 7. The Morgan fingerprint density at radius 1 is 1.15 bits per heavy atom. The molecule has 0 saturated heterocycles. The van der Waals surface area contributed by atoms with Crippen molar-refractivity contribution in [2.45, 2.75) is 9.92 Å². The molecule has 138 valence electrons. The van der Waals surface area contributed by atoms with Gasteiger partial charge in [-0.05, 0) is 36.4 Å². The predicted octanol–water partition coefficient (Wildman–Crippen LogP) is 3.63.